The average Bonchev–Trinajstić information content (AvgIpc) is 1.72. The molecule has 20 aromatic rings. The number of fused-ring (bicyclic) bond motifs is 16. The Kier molecular flexibility index (Phi) is 19.2. The minimum absolute atomic E-state index is 0.334. The van der Waals surface area contributed by atoms with Gasteiger partial charge in [0.15, 0.2) is 0 Å². The van der Waals surface area contributed by atoms with Crippen molar-refractivity contribution in [2.45, 2.75) is 128 Å². The summed E-state index contributed by atoms with van der Waals surface area (Å²) in [6.07, 6.45) is 7.11. The average molecular weight is 1700 g/mol. The number of rotatable bonds is 19. The first kappa shape index (κ1) is 80.5. The molecule has 0 unspecified atom stereocenters. The van der Waals surface area contributed by atoms with Crippen LogP contribution >= 0.6 is 0 Å². The fourth-order valence-electron chi connectivity index (χ4n) is 24.7. The van der Waals surface area contributed by atoms with Crippen molar-refractivity contribution in [3.8, 4) is 167 Å². The Labute approximate surface area is 774 Å². The summed E-state index contributed by atoms with van der Waals surface area (Å²) >= 11 is 0. The SMILES string of the molecule is CCC1(CC)c2cc(-c3ccc(-c4ccccc4)cc3-c3ccccc3)ccc2-c2nc3c(nc21)-c1ccc(-c2ccc(-c4ccccc4)cc2-c2cccc(-c4ccc5c(-c6ccccc6)c6ccccc6c(-c6ccc7c(c6)C(CC)(CC)c6nc8c(nc6-7)C(CC)(CC)c6cc(-c7c9ccccc9c(-c9ccccc9)c9ccccc79)ccc6-8)c5c4)c2)cc1C3(CC)CC. The van der Waals surface area contributed by atoms with E-state index in [-0.39, 0.29) is 16.2 Å². The van der Waals surface area contributed by atoms with E-state index >= 15 is 0 Å². The molecule has 4 nitrogen and oxygen atoms in total. The highest BCUT2D eigenvalue weighted by molar-refractivity contribution is 6.24. The number of hydrogen-bond acceptors (Lipinski definition) is 4. The van der Waals surface area contributed by atoms with Crippen molar-refractivity contribution >= 4 is 43.1 Å². The molecule has 2 heterocycles. The van der Waals surface area contributed by atoms with Crippen LogP contribution in [0.25, 0.3) is 211 Å². The van der Waals surface area contributed by atoms with Crippen molar-refractivity contribution in [1.29, 1.82) is 0 Å². The second kappa shape index (κ2) is 31.5. The van der Waals surface area contributed by atoms with Crippen LogP contribution in [0.2, 0.25) is 0 Å². The van der Waals surface area contributed by atoms with Gasteiger partial charge in [0.2, 0.25) is 0 Å². The normalized spacial score (nSPS) is 14.1. The second-order valence-electron chi connectivity index (χ2n) is 37.3. The number of nitrogens with zero attached hydrogens (tertiary/aromatic N) is 4. The summed E-state index contributed by atoms with van der Waals surface area (Å²) in [6.45, 7) is 18.9. The molecule has 132 heavy (non-hydrogen) atoms. The minimum atomic E-state index is -0.402. The van der Waals surface area contributed by atoms with Crippen molar-refractivity contribution in [1.82, 2.24) is 19.9 Å². The van der Waals surface area contributed by atoms with E-state index in [1.807, 2.05) is 0 Å². The molecule has 18 aromatic carbocycles. The van der Waals surface area contributed by atoms with E-state index in [0.29, 0.717) is 0 Å². The predicted octanol–water partition coefficient (Wildman–Crippen LogP) is 34.6. The first-order valence-electron chi connectivity index (χ1n) is 48.0. The molecule has 0 saturated carbocycles. The second-order valence-corrected chi connectivity index (χ2v) is 37.3. The van der Waals surface area contributed by atoms with Gasteiger partial charge in [-0.25, -0.2) is 19.9 Å². The number of hydrogen-bond donors (Lipinski definition) is 0. The molecule has 0 saturated heterocycles. The Bertz CT molecular complexity index is 8030. The Morgan fingerprint density at radius 3 is 0.727 bits per heavy atom. The fraction of sp³-hybridized carbons (Fsp3) is 0.156. The van der Waals surface area contributed by atoms with Crippen LogP contribution in [-0.2, 0) is 21.7 Å². The number of aromatic nitrogens is 4. The lowest BCUT2D eigenvalue weighted by atomic mass is 9.74. The maximum atomic E-state index is 6.10. The third kappa shape index (κ3) is 11.9. The molecule has 4 aliphatic carbocycles. The van der Waals surface area contributed by atoms with Gasteiger partial charge in [-0.2, -0.15) is 0 Å². The first-order chi connectivity index (χ1) is 65.0. The molecule has 2 aromatic heterocycles. The van der Waals surface area contributed by atoms with Crippen molar-refractivity contribution < 1.29 is 0 Å². The summed E-state index contributed by atoms with van der Waals surface area (Å²) in [5.74, 6) is 0. The lowest BCUT2D eigenvalue weighted by Gasteiger charge is -2.30. The quantitative estimate of drug-likeness (QED) is 0.0757. The van der Waals surface area contributed by atoms with Crippen LogP contribution in [0.4, 0.5) is 0 Å². The Balaban J connectivity index is 0.615. The van der Waals surface area contributed by atoms with Crippen LogP contribution in [0.3, 0.4) is 0 Å². The van der Waals surface area contributed by atoms with Crippen LogP contribution in [0.1, 0.15) is 152 Å². The van der Waals surface area contributed by atoms with Gasteiger partial charge in [0.1, 0.15) is 0 Å². The van der Waals surface area contributed by atoms with Crippen LogP contribution in [0.5, 0.6) is 0 Å². The van der Waals surface area contributed by atoms with Crippen LogP contribution in [0, 0.1) is 0 Å². The molecule has 0 N–H and O–H groups in total. The monoisotopic (exact) mass is 1690 g/mol. The van der Waals surface area contributed by atoms with Gasteiger partial charge in [-0.1, -0.05) is 383 Å². The van der Waals surface area contributed by atoms with E-state index in [9.17, 15) is 0 Å². The topological polar surface area (TPSA) is 51.6 Å². The molecular weight excluding hydrogens is 1590 g/mol. The van der Waals surface area contributed by atoms with Gasteiger partial charge < -0.3 is 0 Å². The summed E-state index contributed by atoms with van der Waals surface area (Å²) in [4.78, 5) is 24.3. The molecule has 24 rings (SSSR count). The van der Waals surface area contributed by atoms with Crippen molar-refractivity contribution in [2.24, 2.45) is 0 Å². The largest absolute Gasteiger partial charge is 0.248 e. The molecule has 4 aliphatic rings. The predicted molar refractivity (Wildman–Crippen MR) is 555 cm³/mol. The van der Waals surface area contributed by atoms with Crippen molar-refractivity contribution in [2.75, 3.05) is 0 Å². The van der Waals surface area contributed by atoms with Gasteiger partial charge in [0.05, 0.1) is 45.6 Å². The molecular formula is C128H102N4. The van der Waals surface area contributed by atoms with Gasteiger partial charge in [-0.15, -0.1) is 0 Å². The summed E-state index contributed by atoms with van der Waals surface area (Å²) in [7, 11) is 0. The van der Waals surface area contributed by atoms with E-state index in [4.69, 9.17) is 19.9 Å². The van der Waals surface area contributed by atoms with Crippen LogP contribution in [-0.4, -0.2) is 19.9 Å². The molecule has 0 amide bonds. The standard InChI is InChI=1S/C128H102N4/c1-9-125(10-2)109-75-89(93-64-57-85(79-39-22-17-23-40-79)72-106(93)81-43-26-19-27-44-81)60-67-102(109)117-121(125)130-118-103-68-61-90(76-110(103)126(11-3,12-4)122(118)129-117)94-65-58-86(80-41-24-18-25-42-80)73-107(94)88-50-38-49-84(71-88)87-59-66-101-108(74-87)116(100-56-37-34-53-97(100)114(101)83-47-30-21-31-48-83)92-63-70-105-112(78-92)128(15-7,16-8)124-120(105)132-123-119(131-124)104-69-62-91(77-111(104)127(123,13-5)14-6)115-98-54-35-32-51-95(98)113(82-45-28-20-29-46-82)96-52-33-36-55-99(96)115/h17-78H,9-16H2,1-8H3. The van der Waals surface area contributed by atoms with Crippen LogP contribution < -0.4 is 0 Å². The summed E-state index contributed by atoms with van der Waals surface area (Å²) in [5, 5.41) is 9.91. The Hall–Kier alpha value is -14.8. The van der Waals surface area contributed by atoms with E-state index in [1.165, 1.54) is 193 Å². The van der Waals surface area contributed by atoms with Crippen molar-refractivity contribution in [3.05, 3.63) is 421 Å². The maximum Gasteiger partial charge on any atom is 0.0934 e. The lowest BCUT2D eigenvalue weighted by Crippen LogP contribution is -2.27. The van der Waals surface area contributed by atoms with Gasteiger partial charge in [0.25, 0.3) is 0 Å². The highest BCUT2D eigenvalue weighted by Gasteiger charge is 2.52. The van der Waals surface area contributed by atoms with Crippen LogP contribution in [0.15, 0.2) is 376 Å². The molecule has 4 heteroatoms. The molecule has 0 spiro atoms. The van der Waals surface area contributed by atoms with Gasteiger partial charge in [-0.05, 0) is 288 Å². The van der Waals surface area contributed by atoms with Gasteiger partial charge >= 0.3 is 0 Å². The summed E-state index contributed by atoms with van der Waals surface area (Å²) < 4.78 is 0. The Morgan fingerprint density at radius 1 is 0.152 bits per heavy atom. The first-order valence-corrected chi connectivity index (χ1v) is 48.0. The third-order valence-electron chi connectivity index (χ3n) is 31.7. The smallest absolute Gasteiger partial charge is 0.0934 e. The minimum Gasteiger partial charge on any atom is -0.248 e. The van der Waals surface area contributed by atoms with E-state index in [1.54, 1.807) is 0 Å². The summed E-state index contributed by atoms with van der Waals surface area (Å²) in [5.41, 5.74) is 43.7. The van der Waals surface area contributed by atoms with E-state index < -0.39 is 5.41 Å². The zero-order valence-electron chi connectivity index (χ0n) is 76.2. The molecule has 0 aliphatic heterocycles. The molecule has 0 fully saturated rings. The molecule has 0 atom stereocenters. The molecule has 0 radical (unpaired) electrons. The van der Waals surface area contributed by atoms with E-state index in [2.05, 4.69) is 432 Å². The zero-order chi connectivity index (χ0) is 88.9. The van der Waals surface area contributed by atoms with E-state index in [0.717, 1.165) is 114 Å². The lowest BCUT2D eigenvalue weighted by molar-refractivity contribution is 0.466. The summed E-state index contributed by atoms with van der Waals surface area (Å²) in [6, 6.07) is 142. The Morgan fingerprint density at radius 2 is 0.379 bits per heavy atom. The maximum absolute atomic E-state index is 6.10. The highest BCUT2D eigenvalue weighted by Crippen LogP contribution is 2.62. The molecule has 0 bridgehead atoms. The fourth-order valence-corrected chi connectivity index (χ4v) is 24.7. The zero-order valence-corrected chi connectivity index (χ0v) is 76.2. The third-order valence-corrected chi connectivity index (χ3v) is 31.7. The highest BCUT2D eigenvalue weighted by atomic mass is 14.9. The number of benzene rings is 18. The van der Waals surface area contributed by atoms with Gasteiger partial charge in [0, 0.05) is 43.9 Å². The van der Waals surface area contributed by atoms with Gasteiger partial charge in [-0.3, -0.25) is 0 Å². The molecule has 634 valence electrons. The van der Waals surface area contributed by atoms with Crippen molar-refractivity contribution in [3.63, 3.8) is 0 Å².